The molecule has 0 aliphatic heterocycles. The zero-order chi connectivity index (χ0) is 27.8. The van der Waals surface area contributed by atoms with E-state index in [1.807, 2.05) is 0 Å². The summed E-state index contributed by atoms with van der Waals surface area (Å²) in [6, 6.07) is 0. The number of hydrogen-bond donors (Lipinski definition) is 1. The molecule has 4 heteroatoms. The topological polar surface area (TPSA) is 55.8 Å². The molecule has 0 saturated carbocycles. The first-order valence-corrected chi connectivity index (χ1v) is 16.4. The number of aliphatic hydroxyl groups excluding tert-OH is 1. The van der Waals surface area contributed by atoms with Crippen molar-refractivity contribution in [3.63, 3.8) is 0 Å². The number of ether oxygens (including phenoxy) is 2. The van der Waals surface area contributed by atoms with Gasteiger partial charge in [-0.15, -0.1) is 0 Å². The summed E-state index contributed by atoms with van der Waals surface area (Å²) in [6.07, 6.45) is 36.3. The van der Waals surface area contributed by atoms with Gasteiger partial charge < -0.3 is 14.6 Å². The van der Waals surface area contributed by atoms with Crippen LogP contribution in [0.15, 0.2) is 24.3 Å². The van der Waals surface area contributed by atoms with Gasteiger partial charge in [0.2, 0.25) is 0 Å². The summed E-state index contributed by atoms with van der Waals surface area (Å²) in [4.78, 5) is 12.1. The lowest BCUT2D eigenvalue weighted by molar-refractivity contribution is -0.154. The predicted octanol–water partition coefficient (Wildman–Crippen LogP) is 10.0. The van der Waals surface area contributed by atoms with Crippen molar-refractivity contribution in [3.05, 3.63) is 24.3 Å². The van der Waals surface area contributed by atoms with Crippen LogP contribution in [-0.4, -0.2) is 37.0 Å². The normalized spacial score (nSPS) is 12.6. The van der Waals surface area contributed by atoms with Crippen LogP contribution in [0.25, 0.3) is 0 Å². The molecule has 0 aliphatic carbocycles. The van der Waals surface area contributed by atoms with Crippen LogP contribution in [0.1, 0.15) is 162 Å². The van der Waals surface area contributed by atoms with Crippen molar-refractivity contribution in [3.8, 4) is 0 Å². The second-order valence-corrected chi connectivity index (χ2v) is 10.9. The lowest BCUT2D eigenvalue weighted by atomic mass is 10.1. The fourth-order valence-electron chi connectivity index (χ4n) is 4.52. The largest absolute Gasteiger partial charge is 0.457 e. The first-order valence-electron chi connectivity index (χ1n) is 16.4. The third-order valence-electron chi connectivity index (χ3n) is 7.03. The second kappa shape index (κ2) is 32.1. The number of carbonyl (C=O) groups is 1. The standard InChI is InChI=1S/C34H64O4/c1-3-5-7-9-11-13-15-17-18-19-21-23-25-27-29-34(36)38-33(31-35)32-37-30-28-26-24-22-20-16-14-12-10-8-6-4-2/h9,11,15,17,33,35H,3-8,10,12-14,16,18-32H2,1-2H3/b11-9-,17-15-. The third-order valence-corrected chi connectivity index (χ3v) is 7.03. The Labute approximate surface area is 237 Å². The molecule has 0 saturated heterocycles. The maximum Gasteiger partial charge on any atom is 0.306 e. The highest BCUT2D eigenvalue weighted by molar-refractivity contribution is 5.69. The minimum absolute atomic E-state index is 0.174. The first-order chi connectivity index (χ1) is 18.7. The van der Waals surface area contributed by atoms with E-state index in [0.717, 1.165) is 38.5 Å². The summed E-state index contributed by atoms with van der Waals surface area (Å²) in [5.74, 6) is -0.215. The molecule has 1 N–H and O–H groups in total. The number of carbonyl (C=O) groups excluding carboxylic acids is 1. The van der Waals surface area contributed by atoms with Gasteiger partial charge in [0.05, 0.1) is 13.2 Å². The van der Waals surface area contributed by atoms with E-state index in [9.17, 15) is 9.90 Å². The Kier molecular flexibility index (Phi) is 31.1. The molecule has 0 rings (SSSR count). The van der Waals surface area contributed by atoms with E-state index in [0.29, 0.717) is 19.6 Å². The van der Waals surface area contributed by atoms with Gasteiger partial charge >= 0.3 is 5.97 Å². The molecule has 0 bridgehead atoms. The van der Waals surface area contributed by atoms with Crippen LogP contribution in [0.5, 0.6) is 0 Å². The van der Waals surface area contributed by atoms with Crippen LogP contribution < -0.4 is 0 Å². The van der Waals surface area contributed by atoms with Crippen molar-refractivity contribution in [2.45, 2.75) is 168 Å². The van der Waals surface area contributed by atoms with Crippen molar-refractivity contribution in [1.29, 1.82) is 0 Å². The average molecular weight is 537 g/mol. The van der Waals surface area contributed by atoms with Gasteiger partial charge in [0.1, 0.15) is 6.10 Å². The molecule has 0 aliphatic rings. The molecule has 38 heavy (non-hydrogen) atoms. The minimum Gasteiger partial charge on any atom is -0.457 e. The van der Waals surface area contributed by atoms with Crippen molar-refractivity contribution in [2.24, 2.45) is 0 Å². The molecule has 1 atom stereocenters. The van der Waals surface area contributed by atoms with Gasteiger partial charge in [-0.2, -0.15) is 0 Å². The van der Waals surface area contributed by atoms with Gasteiger partial charge in [-0.25, -0.2) is 0 Å². The molecule has 0 aromatic rings. The van der Waals surface area contributed by atoms with E-state index >= 15 is 0 Å². The van der Waals surface area contributed by atoms with Crippen LogP contribution in [0.4, 0.5) is 0 Å². The lowest BCUT2D eigenvalue weighted by Crippen LogP contribution is -2.27. The third kappa shape index (κ3) is 29.4. The van der Waals surface area contributed by atoms with Gasteiger partial charge in [0.25, 0.3) is 0 Å². The SMILES string of the molecule is CCCC/C=C\C/C=C\CCCCCCCC(=O)OC(CO)COCCCCCCCCCCCCCC. The molecule has 224 valence electrons. The van der Waals surface area contributed by atoms with Crippen LogP contribution in [0.2, 0.25) is 0 Å². The Bertz CT molecular complexity index is 529. The Morgan fingerprint density at radius 1 is 0.632 bits per heavy atom. The minimum atomic E-state index is -0.534. The maximum absolute atomic E-state index is 12.1. The highest BCUT2D eigenvalue weighted by Gasteiger charge is 2.13. The number of aliphatic hydroxyl groups is 1. The predicted molar refractivity (Wildman–Crippen MR) is 164 cm³/mol. The second-order valence-electron chi connectivity index (χ2n) is 10.9. The molecular weight excluding hydrogens is 472 g/mol. The molecule has 0 heterocycles. The maximum atomic E-state index is 12.1. The molecule has 1 unspecified atom stereocenters. The van der Waals surface area contributed by atoms with E-state index in [4.69, 9.17) is 9.47 Å². The Morgan fingerprint density at radius 2 is 1.13 bits per heavy atom. The number of esters is 1. The molecule has 0 aromatic carbocycles. The summed E-state index contributed by atoms with van der Waals surface area (Å²) < 4.78 is 11.1. The Morgan fingerprint density at radius 3 is 1.71 bits per heavy atom. The molecule has 0 radical (unpaired) electrons. The van der Waals surface area contributed by atoms with Crippen molar-refractivity contribution < 1.29 is 19.4 Å². The summed E-state index contributed by atoms with van der Waals surface area (Å²) >= 11 is 0. The van der Waals surface area contributed by atoms with E-state index in [1.165, 1.54) is 103 Å². The van der Waals surface area contributed by atoms with Crippen LogP contribution in [0, 0.1) is 0 Å². The molecule has 0 fully saturated rings. The summed E-state index contributed by atoms with van der Waals surface area (Å²) in [5, 5.41) is 9.51. The van der Waals surface area contributed by atoms with Crippen LogP contribution >= 0.6 is 0 Å². The average Bonchev–Trinajstić information content (AvgIpc) is 2.92. The summed E-state index contributed by atoms with van der Waals surface area (Å²) in [7, 11) is 0. The number of rotatable bonds is 30. The number of hydrogen-bond acceptors (Lipinski definition) is 4. The molecular formula is C34H64O4. The smallest absolute Gasteiger partial charge is 0.306 e. The van der Waals surface area contributed by atoms with Gasteiger partial charge in [-0.1, -0.05) is 141 Å². The quantitative estimate of drug-likeness (QED) is 0.0563. The van der Waals surface area contributed by atoms with Gasteiger partial charge in [0.15, 0.2) is 0 Å². The molecule has 0 amide bonds. The van der Waals surface area contributed by atoms with E-state index in [1.54, 1.807) is 0 Å². The van der Waals surface area contributed by atoms with E-state index in [-0.39, 0.29) is 12.6 Å². The monoisotopic (exact) mass is 536 g/mol. The fourth-order valence-corrected chi connectivity index (χ4v) is 4.52. The van der Waals surface area contributed by atoms with E-state index in [2.05, 4.69) is 38.2 Å². The Balaban J connectivity index is 3.47. The first kappa shape index (κ1) is 36.9. The lowest BCUT2D eigenvalue weighted by Gasteiger charge is -2.15. The highest BCUT2D eigenvalue weighted by Crippen LogP contribution is 2.12. The van der Waals surface area contributed by atoms with Gasteiger partial charge in [-0.3, -0.25) is 4.79 Å². The number of allylic oxidation sites excluding steroid dienone is 4. The van der Waals surface area contributed by atoms with E-state index < -0.39 is 6.10 Å². The summed E-state index contributed by atoms with van der Waals surface area (Å²) in [6.45, 7) is 5.29. The Hall–Kier alpha value is -1.13. The number of unbranched alkanes of at least 4 members (excludes halogenated alkanes) is 18. The fraction of sp³-hybridized carbons (Fsp3) is 0.853. The van der Waals surface area contributed by atoms with Crippen LogP contribution in [0.3, 0.4) is 0 Å². The van der Waals surface area contributed by atoms with Crippen molar-refractivity contribution >= 4 is 5.97 Å². The van der Waals surface area contributed by atoms with Gasteiger partial charge in [0, 0.05) is 13.0 Å². The van der Waals surface area contributed by atoms with Crippen molar-refractivity contribution in [2.75, 3.05) is 19.8 Å². The highest BCUT2D eigenvalue weighted by atomic mass is 16.6. The van der Waals surface area contributed by atoms with Crippen LogP contribution in [-0.2, 0) is 14.3 Å². The molecule has 4 nitrogen and oxygen atoms in total. The summed E-state index contributed by atoms with van der Waals surface area (Å²) in [5.41, 5.74) is 0. The molecule has 0 aromatic heterocycles. The zero-order valence-corrected chi connectivity index (χ0v) is 25.4. The molecule has 0 spiro atoms. The van der Waals surface area contributed by atoms with Gasteiger partial charge in [-0.05, 0) is 38.5 Å². The zero-order valence-electron chi connectivity index (χ0n) is 25.4. The van der Waals surface area contributed by atoms with Crippen molar-refractivity contribution in [1.82, 2.24) is 0 Å².